The van der Waals surface area contributed by atoms with E-state index >= 15 is 0 Å². The number of urea groups is 1. The van der Waals surface area contributed by atoms with Crippen molar-refractivity contribution < 1.29 is 19.4 Å². The van der Waals surface area contributed by atoms with Gasteiger partial charge in [-0.3, -0.25) is 4.79 Å². The van der Waals surface area contributed by atoms with Crippen LogP contribution in [-0.2, 0) is 9.53 Å². The van der Waals surface area contributed by atoms with Gasteiger partial charge in [-0.2, -0.15) is 0 Å². The molecule has 3 rings (SSSR count). The van der Waals surface area contributed by atoms with E-state index in [2.05, 4.69) is 5.32 Å². The fraction of sp³-hybridized carbons (Fsp3) is 0.857. The second-order valence-corrected chi connectivity index (χ2v) is 6.52. The van der Waals surface area contributed by atoms with Crippen molar-refractivity contribution in [3.8, 4) is 0 Å². The molecule has 20 heavy (non-hydrogen) atoms. The molecular formula is C14H22N2O4. The maximum Gasteiger partial charge on any atom is 0.317 e. The number of carbonyl (C=O) groups is 2. The second kappa shape index (κ2) is 4.91. The van der Waals surface area contributed by atoms with Crippen LogP contribution in [0.2, 0.25) is 0 Å². The lowest BCUT2D eigenvalue weighted by atomic mass is 9.80. The fourth-order valence-corrected chi connectivity index (χ4v) is 3.46. The number of carbonyl (C=O) groups excluding carboxylic acids is 1. The summed E-state index contributed by atoms with van der Waals surface area (Å²) in [6.45, 7) is 2.78. The molecule has 3 atom stereocenters. The van der Waals surface area contributed by atoms with Crippen molar-refractivity contribution in [2.24, 2.45) is 5.41 Å². The lowest BCUT2D eigenvalue weighted by Gasteiger charge is -2.37. The van der Waals surface area contributed by atoms with Gasteiger partial charge in [0.15, 0.2) is 0 Å². The molecule has 2 amide bonds. The molecule has 0 saturated carbocycles. The van der Waals surface area contributed by atoms with E-state index in [4.69, 9.17) is 4.74 Å². The number of rotatable bonds is 2. The monoisotopic (exact) mass is 282 g/mol. The Morgan fingerprint density at radius 1 is 1.30 bits per heavy atom. The van der Waals surface area contributed by atoms with Gasteiger partial charge < -0.3 is 20.1 Å². The Kier molecular flexibility index (Phi) is 3.36. The van der Waals surface area contributed by atoms with Crippen LogP contribution in [0.15, 0.2) is 0 Å². The van der Waals surface area contributed by atoms with Crippen LogP contribution < -0.4 is 5.32 Å². The van der Waals surface area contributed by atoms with E-state index in [-0.39, 0.29) is 18.2 Å². The minimum absolute atomic E-state index is 0.0708. The van der Waals surface area contributed by atoms with Crippen molar-refractivity contribution in [2.45, 2.75) is 57.3 Å². The van der Waals surface area contributed by atoms with Crippen molar-refractivity contribution in [3.63, 3.8) is 0 Å². The summed E-state index contributed by atoms with van der Waals surface area (Å²) in [6, 6.07) is 0.0626. The van der Waals surface area contributed by atoms with E-state index < -0.39 is 11.4 Å². The molecule has 3 heterocycles. The van der Waals surface area contributed by atoms with Gasteiger partial charge >= 0.3 is 12.0 Å². The van der Waals surface area contributed by atoms with Crippen LogP contribution in [0.4, 0.5) is 4.79 Å². The first-order chi connectivity index (χ1) is 9.48. The van der Waals surface area contributed by atoms with Crippen molar-refractivity contribution in [3.05, 3.63) is 0 Å². The maximum absolute atomic E-state index is 12.2. The molecule has 2 N–H and O–H groups in total. The van der Waals surface area contributed by atoms with Gasteiger partial charge in [-0.25, -0.2) is 4.79 Å². The summed E-state index contributed by atoms with van der Waals surface area (Å²) in [6.07, 6.45) is 4.59. The number of ether oxygens (including phenoxy) is 1. The van der Waals surface area contributed by atoms with E-state index in [9.17, 15) is 14.7 Å². The first kappa shape index (κ1) is 13.7. The minimum Gasteiger partial charge on any atom is -0.481 e. The molecule has 3 unspecified atom stereocenters. The molecule has 112 valence electrons. The number of carboxylic acids is 1. The van der Waals surface area contributed by atoms with Gasteiger partial charge in [0, 0.05) is 13.1 Å². The number of piperidine rings is 1. The SMILES string of the molecule is CC1(C(=O)O)CCN(C(=O)NC2CC3CCC2O3)CC1. The summed E-state index contributed by atoms with van der Waals surface area (Å²) in [4.78, 5) is 25.1. The largest absolute Gasteiger partial charge is 0.481 e. The number of hydrogen-bond acceptors (Lipinski definition) is 3. The van der Waals surface area contributed by atoms with Gasteiger partial charge in [-0.15, -0.1) is 0 Å². The molecule has 3 aliphatic heterocycles. The Labute approximate surface area is 118 Å². The van der Waals surface area contributed by atoms with Crippen LogP contribution in [0.3, 0.4) is 0 Å². The van der Waals surface area contributed by atoms with E-state index in [0.29, 0.717) is 32.0 Å². The minimum atomic E-state index is -0.765. The summed E-state index contributed by atoms with van der Waals surface area (Å²) in [5.74, 6) is -0.765. The third-order valence-corrected chi connectivity index (χ3v) is 5.09. The smallest absolute Gasteiger partial charge is 0.317 e. The Hall–Kier alpha value is -1.30. The van der Waals surface area contributed by atoms with Gasteiger partial charge in [-0.1, -0.05) is 0 Å². The molecule has 0 aliphatic carbocycles. The summed E-state index contributed by atoms with van der Waals surface area (Å²) in [7, 11) is 0. The normalized spacial score (nSPS) is 35.0. The third kappa shape index (κ3) is 2.37. The van der Waals surface area contributed by atoms with Crippen molar-refractivity contribution in [1.29, 1.82) is 0 Å². The Morgan fingerprint density at radius 3 is 2.50 bits per heavy atom. The number of nitrogens with one attached hydrogen (secondary N) is 1. The molecular weight excluding hydrogens is 260 g/mol. The topological polar surface area (TPSA) is 78.9 Å². The number of nitrogens with zero attached hydrogens (tertiary/aromatic N) is 1. The number of hydrogen-bond donors (Lipinski definition) is 2. The van der Waals surface area contributed by atoms with Crippen LogP contribution in [0.5, 0.6) is 0 Å². The highest BCUT2D eigenvalue weighted by molar-refractivity contribution is 5.77. The van der Waals surface area contributed by atoms with E-state index in [1.807, 2.05) is 0 Å². The number of fused-ring (bicyclic) bond motifs is 2. The third-order valence-electron chi connectivity index (χ3n) is 5.09. The van der Waals surface area contributed by atoms with Crippen LogP contribution in [0.1, 0.15) is 39.0 Å². The van der Waals surface area contributed by atoms with Crippen molar-refractivity contribution >= 4 is 12.0 Å². The van der Waals surface area contributed by atoms with Gasteiger partial charge in [-0.05, 0) is 39.0 Å². The predicted molar refractivity (Wildman–Crippen MR) is 71.4 cm³/mol. The molecule has 0 aromatic carbocycles. The number of aliphatic carboxylic acids is 1. The summed E-state index contributed by atoms with van der Waals surface area (Å²) >= 11 is 0. The molecule has 0 aromatic heterocycles. The number of amides is 2. The molecule has 3 saturated heterocycles. The first-order valence-electron chi connectivity index (χ1n) is 7.42. The standard InChI is InChI=1S/C14H22N2O4/c1-14(12(17)18)4-6-16(7-5-14)13(19)15-10-8-9-2-3-11(10)20-9/h9-11H,2-8H2,1H3,(H,15,19)(H,17,18). The second-order valence-electron chi connectivity index (χ2n) is 6.52. The molecule has 6 heteroatoms. The zero-order chi connectivity index (χ0) is 14.3. The quantitative estimate of drug-likeness (QED) is 0.797. The molecule has 0 aromatic rings. The molecule has 6 nitrogen and oxygen atoms in total. The first-order valence-corrected chi connectivity index (χ1v) is 7.42. The van der Waals surface area contributed by atoms with Gasteiger partial charge in [0.2, 0.25) is 0 Å². The lowest BCUT2D eigenvalue weighted by Crippen LogP contribution is -2.52. The van der Waals surface area contributed by atoms with Crippen LogP contribution in [-0.4, -0.2) is 53.3 Å². The molecule has 2 bridgehead atoms. The fourth-order valence-electron chi connectivity index (χ4n) is 3.46. The van der Waals surface area contributed by atoms with E-state index in [1.165, 1.54) is 0 Å². The van der Waals surface area contributed by atoms with Crippen LogP contribution in [0, 0.1) is 5.41 Å². The predicted octanol–water partition coefficient (Wildman–Crippen LogP) is 1.20. The molecule has 3 aliphatic rings. The highest BCUT2D eigenvalue weighted by Gasteiger charge is 2.43. The summed E-state index contributed by atoms with van der Waals surface area (Å²) in [5, 5.41) is 12.2. The van der Waals surface area contributed by atoms with Crippen molar-refractivity contribution in [2.75, 3.05) is 13.1 Å². The molecule has 0 spiro atoms. The zero-order valence-electron chi connectivity index (χ0n) is 11.8. The van der Waals surface area contributed by atoms with Gasteiger partial charge in [0.1, 0.15) is 0 Å². The lowest BCUT2D eigenvalue weighted by molar-refractivity contribution is -0.150. The molecule has 0 radical (unpaired) electrons. The van der Waals surface area contributed by atoms with E-state index in [1.54, 1.807) is 11.8 Å². The Morgan fingerprint density at radius 2 is 2.00 bits per heavy atom. The average Bonchev–Trinajstić information content (AvgIpc) is 3.01. The highest BCUT2D eigenvalue weighted by atomic mass is 16.5. The summed E-state index contributed by atoms with van der Waals surface area (Å²) < 4.78 is 5.73. The van der Waals surface area contributed by atoms with Crippen LogP contribution >= 0.6 is 0 Å². The zero-order valence-corrected chi connectivity index (χ0v) is 11.8. The summed E-state index contributed by atoms with van der Waals surface area (Å²) in [5.41, 5.74) is -0.688. The van der Waals surface area contributed by atoms with Crippen LogP contribution in [0.25, 0.3) is 0 Å². The van der Waals surface area contributed by atoms with E-state index in [0.717, 1.165) is 19.3 Å². The van der Waals surface area contributed by atoms with Gasteiger partial charge in [0.25, 0.3) is 0 Å². The number of carboxylic acid groups (broad SMARTS) is 1. The average molecular weight is 282 g/mol. The Balaban J connectivity index is 1.51. The van der Waals surface area contributed by atoms with Crippen molar-refractivity contribution in [1.82, 2.24) is 10.2 Å². The van der Waals surface area contributed by atoms with Gasteiger partial charge in [0.05, 0.1) is 23.7 Å². The highest BCUT2D eigenvalue weighted by Crippen LogP contribution is 2.35. The maximum atomic E-state index is 12.2. The number of likely N-dealkylation sites (tertiary alicyclic amines) is 1. The molecule has 3 fully saturated rings. The Bertz CT molecular complexity index is 417.